The standard InChI is InChI=1S/C14H9Cl3F2O/c1-20-10-4-2-3-7(11(10)14(18)19)8-5-6-9(15)13(17)12(8)16/h2-6,14H,1H3. The van der Waals surface area contributed by atoms with Gasteiger partial charge in [-0.2, -0.15) is 0 Å². The van der Waals surface area contributed by atoms with Gasteiger partial charge < -0.3 is 4.74 Å². The topological polar surface area (TPSA) is 9.23 Å². The summed E-state index contributed by atoms with van der Waals surface area (Å²) in [7, 11) is 1.33. The molecule has 6 heteroatoms. The zero-order valence-electron chi connectivity index (χ0n) is 10.3. The van der Waals surface area contributed by atoms with Crippen LogP contribution in [0.2, 0.25) is 15.1 Å². The molecule has 0 N–H and O–H groups in total. The Kier molecular flexibility index (Phi) is 4.74. The van der Waals surface area contributed by atoms with Crippen LogP contribution in [-0.2, 0) is 0 Å². The van der Waals surface area contributed by atoms with Crippen LogP contribution in [0.4, 0.5) is 8.78 Å². The molecule has 2 aromatic rings. The third-order valence-corrected chi connectivity index (χ3v) is 4.12. The Labute approximate surface area is 130 Å². The second-order valence-corrected chi connectivity index (χ2v) is 5.11. The summed E-state index contributed by atoms with van der Waals surface area (Å²) in [6, 6.07) is 7.68. The molecule has 0 fully saturated rings. The summed E-state index contributed by atoms with van der Waals surface area (Å²) >= 11 is 17.9. The lowest BCUT2D eigenvalue weighted by Crippen LogP contribution is -1.96. The zero-order chi connectivity index (χ0) is 14.9. The van der Waals surface area contributed by atoms with Gasteiger partial charge in [-0.05, 0) is 17.7 Å². The van der Waals surface area contributed by atoms with Crippen molar-refractivity contribution < 1.29 is 13.5 Å². The van der Waals surface area contributed by atoms with Gasteiger partial charge in [-0.3, -0.25) is 0 Å². The summed E-state index contributed by atoms with van der Waals surface area (Å²) in [4.78, 5) is 0. The smallest absolute Gasteiger partial charge is 0.268 e. The predicted molar refractivity (Wildman–Crippen MR) is 78.4 cm³/mol. The number of hydrogen-bond donors (Lipinski definition) is 0. The molecule has 0 amide bonds. The van der Waals surface area contributed by atoms with Crippen LogP contribution in [0, 0.1) is 0 Å². The molecule has 2 aromatic carbocycles. The van der Waals surface area contributed by atoms with Gasteiger partial charge in [0.2, 0.25) is 0 Å². The molecule has 0 atom stereocenters. The van der Waals surface area contributed by atoms with E-state index < -0.39 is 6.43 Å². The van der Waals surface area contributed by atoms with E-state index in [0.717, 1.165) is 0 Å². The number of hydrogen-bond acceptors (Lipinski definition) is 1. The summed E-state index contributed by atoms with van der Waals surface area (Å²) in [6.45, 7) is 0. The van der Waals surface area contributed by atoms with Gasteiger partial charge in [-0.25, -0.2) is 8.78 Å². The molecule has 0 heterocycles. The maximum absolute atomic E-state index is 13.3. The minimum absolute atomic E-state index is 0.0969. The van der Waals surface area contributed by atoms with Crippen molar-refractivity contribution >= 4 is 34.8 Å². The first kappa shape index (κ1) is 15.4. The van der Waals surface area contributed by atoms with Crippen molar-refractivity contribution in [3.63, 3.8) is 0 Å². The molecule has 0 aliphatic rings. The molecule has 0 aliphatic carbocycles. The van der Waals surface area contributed by atoms with E-state index >= 15 is 0 Å². The van der Waals surface area contributed by atoms with Crippen molar-refractivity contribution in [2.24, 2.45) is 0 Å². The molecule has 2 rings (SSSR count). The Morgan fingerprint density at radius 2 is 1.65 bits per heavy atom. The highest BCUT2D eigenvalue weighted by Gasteiger charge is 2.22. The van der Waals surface area contributed by atoms with Gasteiger partial charge in [0.25, 0.3) is 6.43 Å². The molecular formula is C14H9Cl3F2O. The third-order valence-electron chi connectivity index (χ3n) is 2.83. The average molecular weight is 338 g/mol. The van der Waals surface area contributed by atoms with Crippen LogP contribution >= 0.6 is 34.8 Å². The quantitative estimate of drug-likeness (QED) is 0.601. The third kappa shape index (κ3) is 2.71. The number of alkyl halides is 2. The van der Waals surface area contributed by atoms with Gasteiger partial charge in [0.15, 0.2) is 0 Å². The molecule has 0 spiro atoms. The summed E-state index contributed by atoms with van der Waals surface area (Å²) in [6.07, 6.45) is -2.70. The highest BCUT2D eigenvalue weighted by molar-refractivity contribution is 6.49. The molecule has 0 radical (unpaired) electrons. The van der Waals surface area contributed by atoms with Crippen LogP contribution in [0.3, 0.4) is 0 Å². The normalized spacial score (nSPS) is 10.9. The van der Waals surface area contributed by atoms with E-state index in [1.54, 1.807) is 12.1 Å². The van der Waals surface area contributed by atoms with E-state index in [1.807, 2.05) is 0 Å². The monoisotopic (exact) mass is 336 g/mol. The first-order valence-electron chi connectivity index (χ1n) is 5.56. The Morgan fingerprint density at radius 1 is 0.950 bits per heavy atom. The lowest BCUT2D eigenvalue weighted by Gasteiger charge is -2.15. The second kappa shape index (κ2) is 6.17. The van der Waals surface area contributed by atoms with Crippen LogP contribution in [0.1, 0.15) is 12.0 Å². The lowest BCUT2D eigenvalue weighted by molar-refractivity contribution is 0.148. The van der Waals surface area contributed by atoms with Crippen molar-refractivity contribution in [2.45, 2.75) is 6.43 Å². The molecule has 0 unspecified atom stereocenters. The highest BCUT2D eigenvalue weighted by atomic mass is 35.5. The van der Waals surface area contributed by atoms with Crippen molar-refractivity contribution in [1.29, 1.82) is 0 Å². The minimum atomic E-state index is -2.70. The molecule has 1 nitrogen and oxygen atoms in total. The Balaban J connectivity index is 2.73. The fourth-order valence-corrected chi connectivity index (χ4v) is 2.55. The number of rotatable bonds is 3. The molecule has 0 saturated heterocycles. The average Bonchev–Trinajstić information content (AvgIpc) is 2.44. The fraction of sp³-hybridized carbons (Fsp3) is 0.143. The molecule has 20 heavy (non-hydrogen) atoms. The van der Waals surface area contributed by atoms with Gasteiger partial charge in [0.1, 0.15) is 5.75 Å². The van der Waals surface area contributed by atoms with Gasteiger partial charge in [0.05, 0.1) is 27.7 Å². The Bertz CT molecular complexity index is 645. The molecule has 0 aromatic heterocycles. The molecule has 0 saturated carbocycles. The van der Waals surface area contributed by atoms with Crippen LogP contribution < -0.4 is 4.74 Å². The van der Waals surface area contributed by atoms with E-state index in [4.69, 9.17) is 39.5 Å². The number of halogens is 5. The molecule has 0 aliphatic heterocycles. The van der Waals surface area contributed by atoms with E-state index in [-0.39, 0.29) is 31.9 Å². The molecule has 106 valence electrons. The Morgan fingerprint density at radius 3 is 2.25 bits per heavy atom. The van der Waals surface area contributed by atoms with Crippen molar-refractivity contribution in [3.05, 3.63) is 51.0 Å². The number of methoxy groups -OCH3 is 1. The summed E-state index contributed by atoms with van der Waals surface area (Å²) in [5.41, 5.74) is 0.425. The van der Waals surface area contributed by atoms with Crippen LogP contribution in [0.15, 0.2) is 30.3 Å². The number of ether oxygens (including phenoxy) is 1. The summed E-state index contributed by atoms with van der Waals surface area (Å²) < 4.78 is 31.6. The summed E-state index contributed by atoms with van der Waals surface area (Å²) in [5, 5.41) is 0.532. The van der Waals surface area contributed by atoms with E-state index in [1.165, 1.54) is 25.3 Å². The van der Waals surface area contributed by atoms with Gasteiger partial charge >= 0.3 is 0 Å². The van der Waals surface area contributed by atoms with Crippen molar-refractivity contribution in [2.75, 3.05) is 7.11 Å². The van der Waals surface area contributed by atoms with Gasteiger partial charge in [-0.1, -0.05) is 53.0 Å². The maximum Gasteiger partial charge on any atom is 0.268 e. The largest absolute Gasteiger partial charge is 0.496 e. The maximum atomic E-state index is 13.3. The molecular weight excluding hydrogens is 329 g/mol. The van der Waals surface area contributed by atoms with Crippen molar-refractivity contribution in [1.82, 2.24) is 0 Å². The first-order valence-corrected chi connectivity index (χ1v) is 6.69. The molecule has 0 bridgehead atoms. The first-order chi connectivity index (χ1) is 9.47. The van der Waals surface area contributed by atoms with Crippen LogP contribution in [0.5, 0.6) is 5.75 Å². The predicted octanol–water partition coefficient (Wildman–Crippen LogP) is 6.26. The SMILES string of the molecule is COc1cccc(-c2ccc(Cl)c(Cl)c2Cl)c1C(F)F. The minimum Gasteiger partial charge on any atom is -0.496 e. The number of benzene rings is 2. The Hall–Kier alpha value is -1.03. The van der Waals surface area contributed by atoms with E-state index in [9.17, 15) is 8.78 Å². The second-order valence-electron chi connectivity index (χ2n) is 3.95. The van der Waals surface area contributed by atoms with Gasteiger partial charge in [0, 0.05) is 5.56 Å². The lowest BCUT2D eigenvalue weighted by atomic mass is 9.99. The zero-order valence-corrected chi connectivity index (χ0v) is 12.5. The highest BCUT2D eigenvalue weighted by Crippen LogP contribution is 2.43. The summed E-state index contributed by atoms with van der Waals surface area (Å²) in [5.74, 6) is 0.0969. The van der Waals surface area contributed by atoms with Crippen LogP contribution in [-0.4, -0.2) is 7.11 Å². The fourth-order valence-electron chi connectivity index (χ4n) is 1.92. The van der Waals surface area contributed by atoms with E-state index in [0.29, 0.717) is 5.56 Å². The van der Waals surface area contributed by atoms with Crippen molar-refractivity contribution in [3.8, 4) is 16.9 Å². The van der Waals surface area contributed by atoms with Crippen LogP contribution in [0.25, 0.3) is 11.1 Å². The van der Waals surface area contributed by atoms with Gasteiger partial charge in [-0.15, -0.1) is 0 Å². The van der Waals surface area contributed by atoms with E-state index in [2.05, 4.69) is 0 Å².